The maximum absolute atomic E-state index is 6.01. The SMILES string of the molecule is CC[C@@H](N)c1ccc(N(C)CC2CCCN2CC)cn1. The average molecular weight is 276 g/mol. The summed E-state index contributed by atoms with van der Waals surface area (Å²) < 4.78 is 0. The molecule has 4 nitrogen and oxygen atoms in total. The topological polar surface area (TPSA) is 45.4 Å². The molecule has 1 aromatic rings. The molecule has 0 aromatic carbocycles. The molecule has 20 heavy (non-hydrogen) atoms. The van der Waals surface area contributed by atoms with Crippen molar-refractivity contribution in [2.24, 2.45) is 5.73 Å². The molecule has 1 aliphatic heterocycles. The van der Waals surface area contributed by atoms with Crippen molar-refractivity contribution >= 4 is 5.69 Å². The molecule has 0 radical (unpaired) electrons. The molecule has 0 amide bonds. The van der Waals surface area contributed by atoms with E-state index >= 15 is 0 Å². The lowest BCUT2D eigenvalue weighted by Crippen LogP contribution is -2.38. The van der Waals surface area contributed by atoms with Crippen LogP contribution in [0.25, 0.3) is 0 Å². The second-order valence-corrected chi connectivity index (χ2v) is 5.76. The molecular formula is C16H28N4. The molecule has 2 N–H and O–H groups in total. The largest absolute Gasteiger partial charge is 0.372 e. The summed E-state index contributed by atoms with van der Waals surface area (Å²) >= 11 is 0. The zero-order valence-electron chi connectivity index (χ0n) is 13.0. The summed E-state index contributed by atoms with van der Waals surface area (Å²) in [5.74, 6) is 0. The number of hydrogen-bond acceptors (Lipinski definition) is 4. The highest BCUT2D eigenvalue weighted by atomic mass is 15.2. The number of likely N-dealkylation sites (N-methyl/N-ethyl adjacent to an activating group) is 2. The minimum Gasteiger partial charge on any atom is -0.372 e. The summed E-state index contributed by atoms with van der Waals surface area (Å²) in [6, 6.07) is 4.94. The zero-order valence-corrected chi connectivity index (χ0v) is 13.0. The van der Waals surface area contributed by atoms with Crippen molar-refractivity contribution in [1.29, 1.82) is 0 Å². The first kappa shape index (κ1) is 15.3. The molecule has 0 aliphatic carbocycles. The molecule has 112 valence electrons. The van der Waals surface area contributed by atoms with Gasteiger partial charge in [0.2, 0.25) is 0 Å². The van der Waals surface area contributed by atoms with Crippen molar-refractivity contribution in [3.63, 3.8) is 0 Å². The van der Waals surface area contributed by atoms with Crippen LogP contribution in [0.4, 0.5) is 5.69 Å². The Bertz CT molecular complexity index is 403. The van der Waals surface area contributed by atoms with Crippen LogP contribution >= 0.6 is 0 Å². The highest BCUT2D eigenvalue weighted by Gasteiger charge is 2.24. The van der Waals surface area contributed by atoms with Crippen molar-refractivity contribution in [2.75, 3.05) is 31.6 Å². The van der Waals surface area contributed by atoms with Gasteiger partial charge in [-0.05, 0) is 44.5 Å². The second kappa shape index (κ2) is 7.04. The lowest BCUT2D eigenvalue weighted by Gasteiger charge is -2.29. The van der Waals surface area contributed by atoms with Gasteiger partial charge in [0.1, 0.15) is 0 Å². The van der Waals surface area contributed by atoms with Gasteiger partial charge >= 0.3 is 0 Å². The van der Waals surface area contributed by atoms with E-state index in [0.29, 0.717) is 6.04 Å². The van der Waals surface area contributed by atoms with Crippen molar-refractivity contribution < 1.29 is 0 Å². The van der Waals surface area contributed by atoms with Crippen LogP contribution in [0.1, 0.15) is 44.8 Å². The monoisotopic (exact) mass is 276 g/mol. The first-order chi connectivity index (χ1) is 9.65. The third-order valence-electron chi connectivity index (χ3n) is 4.42. The molecule has 0 spiro atoms. The molecule has 1 aliphatic rings. The quantitative estimate of drug-likeness (QED) is 0.866. The third-order valence-corrected chi connectivity index (χ3v) is 4.42. The Labute approximate surface area is 123 Å². The molecule has 4 heteroatoms. The normalized spacial score (nSPS) is 21.1. The van der Waals surface area contributed by atoms with Crippen molar-refractivity contribution in [1.82, 2.24) is 9.88 Å². The molecule has 0 bridgehead atoms. The minimum absolute atomic E-state index is 0.0553. The molecular weight excluding hydrogens is 248 g/mol. The lowest BCUT2D eigenvalue weighted by molar-refractivity contribution is 0.270. The van der Waals surface area contributed by atoms with E-state index in [1.165, 1.54) is 25.1 Å². The number of anilines is 1. The summed E-state index contributed by atoms with van der Waals surface area (Å²) in [4.78, 5) is 9.39. The highest BCUT2D eigenvalue weighted by molar-refractivity contribution is 5.44. The Morgan fingerprint density at radius 2 is 2.25 bits per heavy atom. The Morgan fingerprint density at radius 1 is 1.45 bits per heavy atom. The van der Waals surface area contributed by atoms with Crippen LogP contribution in [0.2, 0.25) is 0 Å². The Kier molecular flexibility index (Phi) is 5.38. The van der Waals surface area contributed by atoms with Gasteiger partial charge in [0.15, 0.2) is 0 Å². The van der Waals surface area contributed by atoms with Gasteiger partial charge in [-0.2, -0.15) is 0 Å². The summed E-state index contributed by atoms with van der Waals surface area (Å²) in [5.41, 5.74) is 8.17. The minimum atomic E-state index is 0.0553. The molecule has 1 unspecified atom stereocenters. The number of nitrogens with two attached hydrogens (primary N) is 1. The summed E-state index contributed by atoms with van der Waals surface area (Å²) in [7, 11) is 2.16. The fraction of sp³-hybridized carbons (Fsp3) is 0.688. The van der Waals surface area contributed by atoms with Crippen LogP contribution in [0, 0.1) is 0 Å². The smallest absolute Gasteiger partial charge is 0.0572 e. The van der Waals surface area contributed by atoms with E-state index in [4.69, 9.17) is 5.73 Å². The summed E-state index contributed by atoms with van der Waals surface area (Å²) in [5, 5.41) is 0. The van der Waals surface area contributed by atoms with Gasteiger partial charge in [-0.25, -0.2) is 0 Å². The molecule has 1 aromatic heterocycles. The van der Waals surface area contributed by atoms with E-state index in [0.717, 1.165) is 25.2 Å². The van der Waals surface area contributed by atoms with Crippen molar-refractivity contribution in [3.8, 4) is 0 Å². The molecule has 1 saturated heterocycles. The number of rotatable bonds is 6. The highest BCUT2D eigenvalue weighted by Crippen LogP contribution is 2.21. The molecule has 2 atom stereocenters. The predicted molar refractivity (Wildman–Crippen MR) is 85.0 cm³/mol. The van der Waals surface area contributed by atoms with Gasteiger partial charge in [0, 0.05) is 25.7 Å². The maximum Gasteiger partial charge on any atom is 0.0572 e. The Morgan fingerprint density at radius 3 is 2.85 bits per heavy atom. The van der Waals surface area contributed by atoms with Crippen molar-refractivity contribution in [3.05, 3.63) is 24.0 Å². The maximum atomic E-state index is 6.01. The molecule has 2 rings (SSSR count). The zero-order chi connectivity index (χ0) is 14.5. The van der Waals surface area contributed by atoms with Crippen LogP contribution in [-0.4, -0.2) is 42.6 Å². The van der Waals surface area contributed by atoms with Gasteiger partial charge in [-0.15, -0.1) is 0 Å². The Balaban J connectivity index is 1.97. The second-order valence-electron chi connectivity index (χ2n) is 5.76. The first-order valence-electron chi connectivity index (χ1n) is 7.82. The van der Waals surface area contributed by atoms with Gasteiger partial charge in [-0.1, -0.05) is 13.8 Å². The predicted octanol–water partition coefficient (Wildman–Crippen LogP) is 2.41. The number of nitrogens with zero attached hydrogens (tertiary/aromatic N) is 3. The van der Waals surface area contributed by atoms with Crippen molar-refractivity contribution in [2.45, 2.75) is 45.2 Å². The van der Waals surface area contributed by atoms with E-state index in [1.54, 1.807) is 0 Å². The van der Waals surface area contributed by atoms with Crippen LogP contribution in [-0.2, 0) is 0 Å². The van der Waals surface area contributed by atoms with Crippen LogP contribution < -0.4 is 10.6 Å². The average Bonchev–Trinajstić information content (AvgIpc) is 2.93. The fourth-order valence-electron chi connectivity index (χ4n) is 2.99. The van der Waals surface area contributed by atoms with E-state index < -0.39 is 0 Å². The summed E-state index contributed by atoms with van der Waals surface area (Å²) in [6.07, 6.45) is 5.52. The van der Waals surface area contributed by atoms with Gasteiger partial charge < -0.3 is 10.6 Å². The van der Waals surface area contributed by atoms with Crippen LogP contribution in [0.15, 0.2) is 18.3 Å². The van der Waals surface area contributed by atoms with Crippen LogP contribution in [0.3, 0.4) is 0 Å². The number of pyridine rings is 1. The standard InChI is InChI=1S/C16H28N4/c1-4-15(17)16-9-8-13(11-18-16)19(3)12-14-7-6-10-20(14)5-2/h8-9,11,14-15H,4-7,10,12,17H2,1-3H3/t14?,15-/m1/s1. The lowest BCUT2D eigenvalue weighted by atomic mass is 10.1. The molecule has 2 heterocycles. The van der Waals surface area contributed by atoms with Gasteiger partial charge in [0.05, 0.1) is 17.6 Å². The van der Waals surface area contributed by atoms with E-state index in [1.807, 2.05) is 6.20 Å². The first-order valence-corrected chi connectivity index (χ1v) is 7.82. The van der Waals surface area contributed by atoms with Crippen LogP contribution in [0.5, 0.6) is 0 Å². The van der Waals surface area contributed by atoms with E-state index in [-0.39, 0.29) is 6.04 Å². The number of hydrogen-bond donors (Lipinski definition) is 1. The summed E-state index contributed by atoms with van der Waals surface area (Å²) in [6.45, 7) is 7.82. The molecule has 0 saturated carbocycles. The Hall–Kier alpha value is -1.13. The number of likely N-dealkylation sites (tertiary alicyclic amines) is 1. The van der Waals surface area contributed by atoms with Gasteiger partial charge in [-0.3, -0.25) is 9.88 Å². The fourth-order valence-corrected chi connectivity index (χ4v) is 2.99. The molecule has 1 fully saturated rings. The van der Waals surface area contributed by atoms with E-state index in [9.17, 15) is 0 Å². The van der Waals surface area contributed by atoms with E-state index in [2.05, 4.69) is 47.8 Å². The third kappa shape index (κ3) is 3.49. The van der Waals surface area contributed by atoms with Gasteiger partial charge in [0.25, 0.3) is 0 Å². The number of aromatic nitrogens is 1.